The minimum Gasteiger partial charge on any atom is -0.437 e. The highest BCUT2D eigenvalue weighted by Crippen LogP contribution is 2.28. The molecule has 0 aliphatic rings. The number of hydrogen-bond donors (Lipinski definition) is 1. The topological polar surface area (TPSA) is 84.8 Å². The Morgan fingerprint density at radius 1 is 1.39 bits per heavy atom. The maximum Gasteiger partial charge on any atom is 0.247 e. The fourth-order valence-corrected chi connectivity index (χ4v) is 1.54. The maximum absolute atomic E-state index is 8.79. The zero-order valence-corrected chi connectivity index (χ0v) is 10.3. The normalized spacial score (nSPS) is 9.83. The zero-order valence-electron chi connectivity index (χ0n) is 9.51. The van der Waals surface area contributed by atoms with Crippen molar-refractivity contribution in [1.29, 1.82) is 5.26 Å². The molecule has 0 saturated carbocycles. The predicted molar refractivity (Wildman–Crippen MR) is 67.4 cm³/mol. The summed E-state index contributed by atoms with van der Waals surface area (Å²) in [5.74, 6) is 0.650. The summed E-state index contributed by atoms with van der Waals surface area (Å²) < 4.78 is 5.50. The number of rotatable bonds is 2. The molecular weight excluding hydrogens is 252 g/mol. The van der Waals surface area contributed by atoms with Gasteiger partial charge >= 0.3 is 0 Å². The molecule has 0 saturated heterocycles. The molecule has 0 fully saturated rings. The Morgan fingerprint density at radius 2 is 2.17 bits per heavy atom. The molecule has 1 aromatic carbocycles. The third-order valence-electron chi connectivity index (χ3n) is 2.25. The van der Waals surface area contributed by atoms with E-state index in [9.17, 15) is 0 Å². The van der Waals surface area contributed by atoms with Crippen molar-refractivity contribution in [3.63, 3.8) is 0 Å². The SMILES string of the molecule is Cc1nc(Cl)nc(Oc2cccc(C#N)c2)c1N. The van der Waals surface area contributed by atoms with Crippen molar-refractivity contribution in [2.75, 3.05) is 5.73 Å². The lowest BCUT2D eigenvalue weighted by Crippen LogP contribution is -2.00. The predicted octanol–water partition coefficient (Wildman–Crippen LogP) is 2.68. The molecule has 1 aromatic heterocycles. The minimum atomic E-state index is 0.0631. The molecule has 90 valence electrons. The summed E-state index contributed by atoms with van der Waals surface area (Å²) in [5, 5.41) is 8.86. The molecule has 0 amide bonds. The Balaban J connectivity index is 2.37. The van der Waals surface area contributed by atoms with Crippen LogP contribution in [0.15, 0.2) is 24.3 Å². The van der Waals surface area contributed by atoms with Gasteiger partial charge in [-0.2, -0.15) is 10.2 Å². The average Bonchev–Trinajstić information content (AvgIpc) is 2.35. The molecular formula is C12H9ClN4O. The quantitative estimate of drug-likeness (QED) is 0.839. The first-order valence-corrected chi connectivity index (χ1v) is 5.45. The number of ether oxygens (including phenoxy) is 1. The smallest absolute Gasteiger partial charge is 0.247 e. The van der Waals surface area contributed by atoms with Crippen molar-refractivity contribution in [3.05, 3.63) is 40.8 Å². The van der Waals surface area contributed by atoms with Crippen LogP contribution in [0.4, 0.5) is 5.69 Å². The number of nitrogens with two attached hydrogens (primary N) is 1. The largest absolute Gasteiger partial charge is 0.437 e. The Kier molecular flexibility index (Phi) is 3.31. The standard InChI is InChI=1S/C12H9ClN4O/c1-7-10(15)11(17-12(13)16-7)18-9-4-2-3-8(5-9)6-14/h2-5H,15H2,1H3. The van der Waals surface area contributed by atoms with Crippen molar-refractivity contribution in [2.24, 2.45) is 0 Å². The average molecular weight is 261 g/mol. The van der Waals surface area contributed by atoms with Crippen LogP contribution in [0.5, 0.6) is 11.6 Å². The number of anilines is 1. The molecule has 0 spiro atoms. The number of hydrogen-bond acceptors (Lipinski definition) is 5. The summed E-state index contributed by atoms with van der Waals surface area (Å²) >= 11 is 5.74. The van der Waals surface area contributed by atoms with Gasteiger partial charge in [0.15, 0.2) is 0 Å². The summed E-state index contributed by atoms with van der Waals surface area (Å²) in [4.78, 5) is 7.81. The number of nitrogen functional groups attached to an aromatic ring is 1. The van der Waals surface area contributed by atoms with E-state index in [1.165, 1.54) is 0 Å². The van der Waals surface area contributed by atoms with Gasteiger partial charge in [-0.1, -0.05) is 6.07 Å². The summed E-state index contributed by atoms with van der Waals surface area (Å²) in [6.45, 7) is 1.71. The van der Waals surface area contributed by atoms with Crippen LogP contribution in [0.2, 0.25) is 5.28 Å². The lowest BCUT2D eigenvalue weighted by atomic mass is 10.2. The molecule has 1 heterocycles. The molecule has 0 aliphatic heterocycles. The van der Waals surface area contributed by atoms with E-state index in [0.717, 1.165) is 0 Å². The van der Waals surface area contributed by atoms with E-state index in [-0.39, 0.29) is 11.2 Å². The Labute approximate surface area is 109 Å². The Hall–Kier alpha value is -2.32. The van der Waals surface area contributed by atoms with Crippen LogP contribution in [-0.2, 0) is 0 Å². The third-order valence-corrected chi connectivity index (χ3v) is 2.42. The number of aromatic nitrogens is 2. The Morgan fingerprint density at radius 3 is 2.89 bits per heavy atom. The van der Waals surface area contributed by atoms with Gasteiger partial charge in [0.2, 0.25) is 11.2 Å². The van der Waals surface area contributed by atoms with Gasteiger partial charge in [0.05, 0.1) is 17.3 Å². The molecule has 18 heavy (non-hydrogen) atoms. The van der Waals surface area contributed by atoms with Gasteiger partial charge in [-0.3, -0.25) is 0 Å². The highest BCUT2D eigenvalue weighted by molar-refractivity contribution is 6.28. The number of nitriles is 1. The Bertz CT molecular complexity index is 636. The second kappa shape index (κ2) is 4.90. The second-order valence-corrected chi connectivity index (χ2v) is 3.88. The van der Waals surface area contributed by atoms with E-state index in [4.69, 9.17) is 27.3 Å². The molecule has 2 aromatic rings. The summed E-state index contributed by atoms with van der Waals surface area (Å²) in [7, 11) is 0. The molecule has 0 bridgehead atoms. The van der Waals surface area contributed by atoms with E-state index in [1.807, 2.05) is 6.07 Å². The lowest BCUT2D eigenvalue weighted by molar-refractivity contribution is 0.463. The molecule has 6 heteroatoms. The first-order chi connectivity index (χ1) is 8.60. The lowest BCUT2D eigenvalue weighted by Gasteiger charge is -2.09. The molecule has 0 unspecified atom stereocenters. The molecule has 5 nitrogen and oxygen atoms in total. The van der Waals surface area contributed by atoms with E-state index < -0.39 is 0 Å². The van der Waals surface area contributed by atoms with E-state index in [2.05, 4.69) is 9.97 Å². The third kappa shape index (κ3) is 2.50. The summed E-state index contributed by atoms with van der Waals surface area (Å²) in [5.41, 5.74) is 7.15. The van der Waals surface area contributed by atoms with Crippen molar-refractivity contribution in [2.45, 2.75) is 6.92 Å². The van der Waals surface area contributed by atoms with Gasteiger partial charge in [-0.05, 0) is 36.7 Å². The number of aryl methyl sites for hydroxylation is 1. The van der Waals surface area contributed by atoms with Crippen LogP contribution in [0, 0.1) is 18.3 Å². The highest BCUT2D eigenvalue weighted by Gasteiger charge is 2.10. The van der Waals surface area contributed by atoms with Gasteiger partial charge in [0, 0.05) is 0 Å². The molecule has 2 rings (SSSR count). The summed E-state index contributed by atoms with van der Waals surface area (Å²) in [6.07, 6.45) is 0. The molecule has 0 atom stereocenters. The first-order valence-electron chi connectivity index (χ1n) is 5.08. The van der Waals surface area contributed by atoms with E-state index >= 15 is 0 Å². The van der Waals surface area contributed by atoms with Gasteiger partial charge in [0.1, 0.15) is 11.4 Å². The van der Waals surface area contributed by atoms with E-state index in [1.54, 1.807) is 31.2 Å². The van der Waals surface area contributed by atoms with Gasteiger partial charge in [-0.25, -0.2) is 4.98 Å². The summed E-state index contributed by atoms with van der Waals surface area (Å²) in [6, 6.07) is 8.69. The first kappa shape index (κ1) is 12.1. The molecule has 0 aliphatic carbocycles. The minimum absolute atomic E-state index is 0.0631. The van der Waals surface area contributed by atoms with Crippen LogP contribution in [0.3, 0.4) is 0 Å². The van der Waals surface area contributed by atoms with Crippen molar-refractivity contribution in [3.8, 4) is 17.7 Å². The highest BCUT2D eigenvalue weighted by atomic mass is 35.5. The second-order valence-electron chi connectivity index (χ2n) is 3.54. The van der Waals surface area contributed by atoms with Gasteiger partial charge < -0.3 is 10.5 Å². The van der Waals surface area contributed by atoms with Crippen LogP contribution >= 0.6 is 11.6 Å². The number of halogens is 1. The van der Waals surface area contributed by atoms with Crippen molar-refractivity contribution >= 4 is 17.3 Å². The van der Waals surface area contributed by atoms with Gasteiger partial charge in [0.25, 0.3) is 0 Å². The van der Waals surface area contributed by atoms with Crippen molar-refractivity contribution < 1.29 is 4.74 Å². The van der Waals surface area contributed by atoms with Crippen LogP contribution in [0.25, 0.3) is 0 Å². The van der Waals surface area contributed by atoms with Gasteiger partial charge in [-0.15, -0.1) is 0 Å². The number of nitrogens with zero attached hydrogens (tertiary/aromatic N) is 3. The van der Waals surface area contributed by atoms with Crippen molar-refractivity contribution in [1.82, 2.24) is 9.97 Å². The number of benzene rings is 1. The monoisotopic (exact) mass is 260 g/mol. The molecule has 0 radical (unpaired) electrons. The van der Waals surface area contributed by atoms with Crippen LogP contribution in [-0.4, -0.2) is 9.97 Å². The van der Waals surface area contributed by atoms with E-state index in [0.29, 0.717) is 22.7 Å². The molecule has 2 N–H and O–H groups in total. The fraction of sp³-hybridized carbons (Fsp3) is 0.0833. The zero-order chi connectivity index (χ0) is 13.1. The van der Waals surface area contributed by atoms with Crippen LogP contribution < -0.4 is 10.5 Å². The maximum atomic E-state index is 8.79. The fourth-order valence-electron chi connectivity index (χ4n) is 1.34. The van der Waals surface area contributed by atoms with Crippen LogP contribution in [0.1, 0.15) is 11.3 Å².